The smallest absolute Gasteiger partial charge is 0.298 e. The maximum Gasteiger partial charge on any atom is 0.298 e. The Kier molecular flexibility index (Phi) is 6.80. The number of ether oxygens (including phenoxy) is 1. The first kappa shape index (κ1) is 30.0. The summed E-state index contributed by atoms with van der Waals surface area (Å²) < 4.78 is 73.9. The van der Waals surface area contributed by atoms with Gasteiger partial charge in [0.25, 0.3) is 20.2 Å². The Balaban J connectivity index is 1.39. The second-order valence-corrected chi connectivity index (χ2v) is 14.6. The zero-order chi connectivity index (χ0) is 32.6. The van der Waals surface area contributed by atoms with Crippen molar-refractivity contribution in [1.82, 2.24) is 0 Å². The lowest BCUT2D eigenvalue weighted by molar-refractivity contribution is 0.164. The third-order valence-corrected chi connectivity index (χ3v) is 10.9. The maximum absolute atomic E-state index is 13.5. The van der Waals surface area contributed by atoms with Crippen molar-refractivity contribution in [2.75, 3.05) is 10.6 Å². The first-order valence-electron chi connectivity index (χ1n) is 14.5. The summed E-state index contributed by atoms with van der Waals surface area (Å²) in [6.45, 7) is 7.64. The topological polar surface area (TPSA) is 131 Å². The number of hydrogen-bond donors (Lipinski definition) is 3. The molecular formula is C35H30N2O7S2. The largest absolute Gasteiger partial charge is 0.456 e. The fourth-order valence-electron chi connectivity index (χ4n) is 6.24. The summed E-state index contributed by atoms with van der Waals surface area (Å²) >= 11 is 0. The van der Waals surface area contributed by atoms with E-state index in [0.717, 1.165) is 28.1 Å². The molecule has 2 aliphatic heterocycles. The first-order valence-corrected chi connectivity index (χ1v) is 17.3. The van der Waals surface area contributed by atoms with Crippen LogP contribution in [0.5, 0.6) is 11.5 Å². The number of benzene rings is 5. The summed E-state index contributed by atoms with van der Waals surface area (Å²) in [4.78, 5) is -0.195. The van der Waals surface area contributed by atoms with Gasteiger partial charge in [0, 0.05) is 45.9 Å². The number of fused-ring (bicyclic) bond motifs is 6. The van der Waals surface area contributed by atoms with Crippen LogP contribution in [0.4, 0.5) is 22.7 Å². The number of hydrogen-bond acceptors (Lipinski definition) is 8. The molecule has 1 atom stereocenters. The van der Waals surface area contributed by atoms with Gasteiger partial charge in [0.15, 0.2) is 5.60 Å². The van der Waals surface area contributed by atoms with Crippen molar-refractivity contribution in [3.8, 4) is 11.5 Å². The Morgan fingerprint density at radius 3 is 2.02 bits per heavy atom. The lowest BCUT2D eigenvalue weighted by Crippen LogP contribution is -2.33. The number of anilines is 4. The summed E-state index contributed by atoms with van der Waals surface area (Å²) in [5.74, 6) is 0.698. The fraction of sp³-hybridized carbons (Fsp3) is 0.143. The van der Waals surface area contributed by atoms with E-state index < -0.39 is 25.8 Å². The van der Waals surface area contributed by atoms with Crippen LogP contribution >= 0.6 is 0 Å². The van der Waals surface area contributed by atoms with Gasteiger partial charge in [0.1, 0.15) is 21.3 Å². The maximum atomic E-state index is 13.5. The highest BCUT2D eigenvalue weighted by molar-refractivity contribution is 7.87. The summed E-state index contributed by atoms with van der Waals surface area (Å²) in [6, 6.07) is 26.3. The zero-order valence-electron chi connectivity index (χ0n) is 25.4. The third-order valence-electron chi connectivity index (χ3n) is 8.62. The van der Waals surface area contributed by atoms with Crippen molar-refractivity contribution in [3.05, 3.63) is 130 Å². The standard InChI is InChI=1S/C35H30N2O7S2/c1-20-9-15-29(22(3)17-20)36-24-11-13-26-30(18-24)43-31-19-25(37-34-23(4)21(2)10-16-33(34)45(38,39)40)12-14-27(31)35(26)28-7-5-6-8-32(28)46(41,42)44-35/h5-19,36-37H,1-4H3,(H,38,39,40). The highest BCUT2D eigenvalue weighted by atomic mass is 32.2. The van der Waals surface area contributed by atoms with E-state index in [1.54, 1.807) is 55.5 Å². The van der Waals surface area contributed by atoms with Crippen LogP contribution in [0.2, 0.25) is 0 Å². The van der Waals surface area contributed by atoms with Gasteiger partial charge in [-0.2, -0.15) is 16.8 Å². The molecule has 0 saturated heterocycles. The molecule has 11 heteroatoms. The van der Waals surface area contributed by atoms with Crippen LogP contribution in [-0.4, -0.2) is 21.4 Å². The molecule has 0 saturated carbocycles. The van der Waals surface area contributed by atoms with Crippen LogP contribution in [0.25, 0.3) is 0 Å². The molecule has 0 fully saturated rings. The molecule has 0 aliphatic carbocycles. The monoisotopic (exact) mass is 654 g/mol. The van der Waals surface area contributed by atoms with Crippen molar-refractivity contribution < 1.29 is 30.3 Å². The van der Waals surface area contributed by atoms with E-state index in [9.17, 15) is 21.4 Å². The summed E-state index contributed by atoms with van der Waals surface area (Å²) in [7, 11) is -8.68. The molecule has 0 amide bonds. The molecule has 234 valence electrons. The molecule has 1 spiro atoms. The van der Waals surface area contributed by atoms with Crippen LogP contribution in [0.1, 0.15) is 38.9 Å². The van der Waals surface area contributed by atoms with Gasteiger partial charge >= 0.3 is 0 Å². The first-order chi connectivity index (χ1) is 21.8. The number of aryl methyl sites for hydroxylation is 3. The van der Waals surface area contributed by atoms with Crippen LogP contribution in [0, 0.1) is 27.7 Å². The van der Waals surface area contributed by atoms with Crippen LogP contribution in [-0.2, 0) is 30.0 Å². The van der Waals surface area contributed by atoms with Crippen molar-refractivity contribution in [1.29, 1.82) is 0 Å². The predicted molar refractivity (Wildman–Crippen MR) is 176 cm³/mol. The van der Waals surface area contributed by atoms with E-state index in [4.69, 9.17) is 8.92 Å². The van der Waals surface area contributed by atoms with Gasteiger partial charge in [-0.3, -0.25) is 4.55 Å². The van der Waals surface area contributed by atoms with E-state index in [-0.39, 0.29) is 15.5 Å². The molecule has 7 rings (SSSR count). The van der Waals surface area contributed by atoms with Crippen LogP contribution in [0.3, 0.4) is 0 Å². The molecule has 3 N–H and O–H groups in total. The van der Waals surface area contributed by atoms with Gasteiger partial charge in [-0.15, -0.1) is 0 Å². The molecule has 2 heterocycles. The SMILES string of the molecule is Cc1ccc(Nc2ccc3c(c2)Oc2cc(Nc4c(S(=O)(=O)O)ccc(C)c4C)ccc2C32OS(=O)(=O)c3ccccc32)c(C)c1. The average Bonchev–Trinajstić information content (AvgIpc) is 3.23. The second kappa shape index (κ2) is 10.4. The van der Waals surface area contributed by atoms with E-state index in [1.165, 1.54) is 12.1 Å². The lowest BCUT2D eigenvalue weighted by atomic mass is 9.78. The molecular weight excluding hydrogens is 625 g/mol. The number of rotatable bonds is 5. The summed E-state index contributed by atoms with van der Waals surface area (Å²) in [5, 5.41) is 6.57. The van der Waals surface area contributed by atoms with Gasteiger partial charge in [-0.05, 0) is 86.8 Å². The molecule has 0 radical (unpaired) electrons. The Hall–Kier alpha value is -4.68. The minimum Gasteiger partial charge on any atom is -0.456 e. The van der Waals surface area contributed by atoms with Crippen molar-refractivity contribution in [2.45, 2.75) is 43.1 Å². The van der Waals surface area contributed by atoms with Crippen molar-refractivity contribution >= 4 is 43.0 Å². The molecule has 5 aromatic carbocycles. The summed E-state index contributed by atoms with van der Waals surface area (Å²) in [5.41, 5.74) is 5.87. The molecule has 1 unspecified atom stereocenters. The van der Waals surface area contributed by atoms with Crippen molar-refractivity contribution in [3.63, 3.8) is 0 Å². The second-order valence-electron chi connectivity index (χ2n) is 11.7. The van der Waals surface area contributed by atoms with E-state index >= 15 is 0 Å². The normalized spacial score (nSPS) is 17.5. The van der Waals surface area contributed by atoms with E-state index in [2.05, 4.69) is 16.7 Å². The van der Waals surface area contributed by atoms with Crippen LogP contribution in [0.15, 0.2) is 101 Å². The van der Waals surface area contributed by atoms with E-state index in [0.29, 0.717) is 39.4 Å². The average molecular weight is 655 g/mol. The molecule has 0 aromatic heterocycles. The minimum atomic E-state index is -4.54. The van der Waals surface area contributed by atoms with E-state index in [1.807, 2.05) is 45.0 Å². The van der Waals surface area contributed by atoms with Gasteiger partial charge in [-0.25, -0.2) is 4.18 Å². The van der Waals surface area contributed by atoms with Gasteiger partial charge in [0.05, 0.1) is 5.69 Å². The van der Waals surface area contributed by atoms with Crippen LogP contribution < -0.4 is 15.4 Å². The van der Waals surface area contributed by atoms with Crippen molar-refractivity contribution in [2.24, 2.45) is 0 Å². The highest BCUT2D eigenvalue weighted by Crippen LogP contribution is 2.58. The Morgan fingerprint density at radius 1 is 0.717 bits per heavy atom. The minimum absolute atomic E-state index is 0.0710. The lowest BCUT2D eigenvalue weighted by Gasteiger charge is -2.36. The Labute approximate surface area is 267 Å². The Morgan fingerprint density at radius 2 is 1.37 bits per heavy atom. The fourth-order valence-corrected chi connectivity index (χ4v) is 8.36. The predicted octanol–water partition coefficient (Wildman–Crippen LogP) is 7.77. The zero-order valence-corrected chi connectivity index (χ0v) is 27.0. The molecule has 2 aliphatic rings. The quantitative estimate of drug-likeness (QED) is 0.128. The third kappa shape index (κ3) is 4.74. The van der Waals surface area contributed by atoms with Gasteiger partial charge in [-0.1, -0.05) is 42.0 Å². The molecule has 9 nitrogen and oxygen atoms in total. The summed E-state index contributed by atoms with van der Waals surface area (Å²) in [6.07, 6.45) is 0. The highest BCUT2D eigenvalue weighted by Gasteiger charge is 2.55. The molecule has 5 aromatic rings. The van der Waals surface area contributed by atoms with Gasteiger partial charge < -0.3 is 15.4 Å². The molecule has 0 bridgehead atoms. The Bertz CT molecular complexity index is 2320. The number of nitrogens with one attached hydrogen (secondary N) is 2. The van der Waals surface area contributed by atoms with Gasteiger partial charge in [0.2, 0.25) is 0 Å². The molecule has 46 heavy (non-hydrogen) atoms.